The van der Waals surface area contributed by atoms with Crippen molar-refractivity contribution >= 4 is 5.91 Å². The van der Waals surface area contributed by atoms with E-state index in [1.807, 2.05) is 4.90 Å². The summed E-state index contributed by atoms with van der Waals surface area (Å²) in [7, 11) is 0. The molecule has 1 unspecified atom stereocenters. The van der Waals surface area contributed by atoms with Crippen molar-refractivity contribution < 1.29 is 14.1 Å². The summed E-state index contributed by atoms with van der Waals surface area (Å²) in [4.78, 5) is 21.1. The number of ether oxygens (including phenoxy) is 1. The second-order valence-corrected chi connectivity index (χ2v) is 5.73. The molecule has 2 aliphatic heterocycles. The Morgan fingerprint density at radius 1 is 1.27 bits per heavy atom. The lowest BCUT2D eigenvalue weighted by Gasteiger charge is -2.38. The van der Waals surface area contributed by atoms with Gasteiger partial charge in [0.25, 0.3) is 0 Å². The van der Waals surface area contributed by atoms with Crippen molar-refractivity contribution in [2.45, 2.75) is 38.4 Å². The molecule has 1 amide bonds. The Morgan fingerprint density at radius 2 is 2.09 bits per heavy atom. The molecular weight excluding hydrogens is 286 g/mol. The zero-order valence-corrected chi connectivity index (χ0v) is 12.7. The standard InChI is InChI=1S/C14H23N5O3/c15-9-13-16-12(17-22-13)10-19-4-2-1-3-11(19)14(20)18-5-7-21-8-6-18/h11H,1-10,15H2. The minimum Gasteiger partial charge on any atom is -0.378 e. The molecule has 3 heterocycles. The summed E-state index contributed by atoms with van der Waals surface area (Å²) >= 11 is 0. The summed E-state index contributed by atoms with van der Waals surface area (Å²) in [6.07, 6.45) is 3.06. The summed E-state index contributed by atoms with van der Waals surface area (Å²) in [6, 6.07) is -0.0910. The number of nitrogens with two attached hydrogens (primary N) is 1. The highest BCUT2D eigenvalue weighted by Gasteiger charge is 2.33. The maximum atomic E-state index is 12.8. The first kappa shape index (κ1) is 15.4. The molecular formula is C14H23N5O3. The second-order valence-electron chi connectivity index (χ2n) is 5.73. The Morgan fingerprint density at radius 3 is 2.82 bits per heavy atom. The Labute approximate surface area is 129 Å². The first-order valence-corrected chi connectivity index (χ1v) is 7.90. The van der Waals surface area contributed by atoms with Crippen LogP contribution in [0.3, 0.4) is 0 Å². The van der Waals surface area contributed by atoms with E-state index in [1.165, 1.54) is 0 Å². The fourth-order valence-electron chi connectivity index (χ4n) is 3.07. The SMILES string of the molecule is NCc1nc(CN2CCCCC2C(=O)N2CCOCC2)no1. The number of aromatic nitrogens is 2. The fraction of sp³-hybridized carbons (Fsp3) is 0.786. The number of piperidine rings is 1. The van der Waals surface area contributed by atoms with Gasteiger partial charge in [0.15, 0.2) is 5.82 Å². The van der Waals surface area contributed by atoms with Crippen molar-refractivity contribution in [3.05, 3.63) is 11.7 Å². The quantitative estimate of drug-likeness (QED) is 0.818. The number of carbonyl (C=O) groups is 1. The lowest BCUT2D eigenvalue weighted by Crippen LogP contribution is -2.53. The molecule has 8 nitrogen and oxygen atoms in total. The van der Waals surface area contributed by atoms with Gasteiger partial charge in [-0.3, -0.25) is 9.69 Å². The van der Waals surface area contributed by atoms with Gasteiger partial charge in [-0.25, -0.2) is 0 Å². The van der Waals surface area contributed by atoms with Crippen LogP contribution >= 0.6 is 0 Å². The van der Waals surface area contributed by atoms with Crippen LogP contribution in [0.4, 0.5) is 0 Å². The maximum absolute atomic E-state index is 12.8. The second kappa shape index (κ2) is 7.17. The van der Waals surface area contributed by atoms with Gasteiger partial charge in [-0.2, -0.15) is 4.98 Å². The van der Waals surface area contributed by atoms with Crippen LogP contribution in [-0.4, -0.2) is 64.7 Å². The van der Waals surface area contributed by atoms with Gasteiger partial charge in [-0.15, -0.1) is 0 Å². The van der Waals surface area contributed by atoms with Crippen LogP contribution in [0.2, 0.25) is 0 Å². The van der Waals surface area contributed by atoms with Crippen molar-refractivity contribution in [3.8, 4) is 0 Å². The van der Waals surface area contributed by atoms with E-state index in [0.29, 0.717) is 44.6 Å². The molecule has 1 aromatic heterocycles. The van der Waals surface area contributed by atoms with Crippen LogP contribution < -0.4 is 5.73 Å². The predicted octanol–water partition coefficient (Wildman–Crippen LogP) is -0.258. The minimum atomic E-state index is -0.0910. The molecule has 0 bridgehead atoms. The van der Waals surface area contributed by atoms with Gasteiger partial charge in [0.05, 0.1) is 32.3 Å². The summed E-state index contributed by atoms with van der Waals surface area (Å²) in [5.74, 6) is 1.23. The summed E-state index contributed by atoms with van der Waals surface area (Å²) < 4.78 is 10.4. The molecule has 2 N–H and O–H groups in total. The number of likely N-dealkylation sites (tertiary alicyclic amines) is 1. The number of rotatable bonds is 4. The summed E-state index contributed by atoms with van der Waals surface area (Å²) in [5, 5.41) is 3.93. The molecule has 2 saturated heterocycles. The lowest BCUT2D eigenvalue weighted by atomic mass is 10.0. The van der Waals surface area contributed by atoms with Gasteiger partial charge >= 0.3 is 0 Å². The zero-order valence-electron chi connectivity index (χ0n) is 12.7. The molecule has 0 aromatic carbocycles. The van der Waals surface area contributed by atoms with Crippen LogP contribution in [0.15, 0.2) is 4.52 Å². The molecule has 122 valence electrons. The average molecular weight is 309 g/mol. The Balaban J connectivity index is 1.66. The minimum absolute atomic E-state index is 0.0910. The smallest absolute Gasteiger partial charge is 0.240 e. The average Bonchev–Trinajstić information content (AvgIpc) is 3.03. The molecule has 0 spiro atoms. The Hall–Kier alpha value is -1.51. The molecule has 0 saturated carbocycles. The monoisotopic (exact) mass is 309 g/mol. The van der Waals surface area contributed by atoms with Crippen LogP contribution in [0.25, 0.3) is 0 Å². The van der Waals surface area contributed by atoms with Gasteiger partial charge in [0.2, 0.25) is 11.8 Å². The van der Waals surface area contributed by atoms with Crippen LogP contribution in [0, 0.1) is 0 Å². The third-order valence-corrected chi connectivity index (χ3v) is 4.25. The molecule has 8 heteroatoms. The van der Waals surface area contributed by atoms with E-state index >= 15 is 0 Å². The van der Waals surface area contributed by atoms with Crippen molar-refractivity contribution in [2.75, 3.05) is 32.8 Å². The van der Waals surface area contributed by atoms with E-state index in [1.54, 1.807) is 0 Å². The maximum Gasteiger partial charge on any atom is 0.240 e. The summed E-state index contributed by atoms with van der Waals surface area (Å²) in [5.41, 5.74) is 5.49. The number of nitrogens with zero attached hydrogens (tertiary/aromatic N) is 4. The van der Waals surface area contributed by atoms with E-state index in [-0.39, 0.29) is 18.5 Å². The molecule has 2 aliphatic rings. The third kappa shape index (κ3) is 3.45. The topological polar surface area (TPSA) is 97.7 Å². The van der Waals surface area contributed by atoms with Crippen LogP contribution in [-0.2, 0) is 22.6 Å². The van der Waals surface area contributed by atoms with Gasteiger partial charge in [-0.1, -0.05) is 11.6 Å². The molecule has 0 aliphatic carbocycles. The fourth-order valence-corrected chi connectivity index (χ4v) is 3.07. The predicted molar refractivity (Wildman–Crippen MR) is 77.6 cm³/mol. The molecule has 2 fully saturated rings. The Kier molecular flexibility index (Phi) is 5.01. The lowest BCUT2D eigenvalue weighted by molar-refractivity contribution is -0.142. The number of carbonyl (C=O) groups excluding carboxylic acids is 1. The zero-order chi connectivity index (χ0) is 15.4. The third-order valence-electron chi connectivity index (χ3n) is 4.25. The first-order chi connectivity index (χ1) is 10.8. The van der Waals surface area contributed by atoms with Gasteiger partial charge in [-0.05, 0) is 19.4 Å². The van der Waals surface area contributed by atoms with E-state index in [9.17, 15) is 4.79 Å². The highest BCUT2D eigenvalue weighted by molar-refractivity contribution is 5.82. The number of hydrogen-bond acceptors (Lipinski definition) is 7. The number of hydrogen-bond donors (Lipinski definition) is 1. The first-order valence-electron chi connectivity index (χ1n) is 7.90. The molecule has 1 aromatic rings. The van der Waals surface area contributed by atoms with Crippen molar-refractivity contribution in [1.29, 1.82) is 0 Å². The van der Waals surface area contributed by atoms with Crippen LogP contribution in [0.5, 0.6) is 0 Å². The Bertz CT molecular complexity index is 500. The molecule has 0 radical (unpaired) electrons. The summed E-state index contributed by atoms with van der Waals surface area (Å²) in [6.45, 7) is 4.28. The highest BCUT2D eigenvalue weighted by atomic mass is 16.5. The van der Waals surface area contributed by atoms with Crippen LogP contribution in [0.1, 0.15) is 31.0 Å². The van der Waals surface area contributed by atoms with Gasteiger partial charge in [0.1, 0.15) is 0 Å². The number of morpholine rings is 1. The van der Waals surface area contributed by atoms with Crippen molar-refractivity contribution in [3.63, 3.8) is 0 Å². The van der Waals surface area contributed by atoms with Gasteiger partial charge < -0.3 is 19.9 Å². The highest BCUT2D eigenvalue weighted by Crippen LogP contribution is 2.21. The van der Waals surface area contributed by atoms with Crippen molar-refractivity contribution in [2.24, 2.45) is 5.73 Å². The van der Waals surface area contributed by atoms with Gasteiger partial charge in [0, 0.05) is 13.1 Å². The van der Waals surface area contributed by atoms with E-state index in [2.05, 4.69) is 15.0 Å². The van der Waals surface area contributed by atoms with E-state index in [0.717, 1.165) is 25.8 Å². The van der Waals surface area contributed by atoms with E-state index < -0.39 is 0 Å². The van der Waals surface area contributed by atoms with E-state index in [4.69, 9.17) is 15.0 Å². The molecule has 22 heavy (non-hydrogen) atoms. The molecule has 3 rings (SSSR count). The largest absolute Gasteiger partial charge is 0.378 e. The number of amides is 1. The molecule has 1 atom stereocenters. The van der Waals surface area contributed by atoms with Crippen molar-refractivity contribution in [1.82, 2.24) is 19.9 Å². The normalized spacial score (nSPS) is 23.7.